The van der Waals surface area contributed by atoms with E-state index < -0.39 is 5.97 Å². The van der Waals surface area contributed by atoms with Crippen molar-refractivity contribution in [3.05, 3.63) is 35.9 Å². The Morgan fingerprint density at radius 3 is 2.59 bits per heavy atom. The largest absolute Gasteiger partial charge is 0.478 e. The van der Waals surface area contributed by atoms with E-state index in [0.29, 0.717) is 22.9 Å². The summed E-state index contributed by atoms with van der Waals surface area (Å²) >= 11 is 0. The second-order valence-corrected chi connectivity index (χ2v) is 7.56. The van der Waals surface area contributed by atoms with E-state index in [1.54, 1.807) is 6.07 Å². The number of hydrogen-bond donors (Lipinski definition) is 1. The number of nitrogens with zero attached hydrogens (tertiary/aromatic N) is 3. The molecular weight excluding hydrogens is 342 g/mol. The van der Waals surface area contributed by atoms with E-state index in [2.05, 4.69) is 16.7 Å². The molecule has 0 unspecified atom stereocenters. The Bertz CT molecular complexity index is 811. The summed E-state index contributed by atoms with van der Waals surface area (Å²) in [5.41, 5.74) is 1.08. The van der Waals surface area contributed by atoms with Gasteiger partial charge in [-0.25, -0.2) is 9.78 Å². The normalized spacial score (nSPS) is 20.7. The number of carboxylic acid groups (broad SMARTS) is 1. The molecule has 2 fully saturated rings. The minimum absolute atomic E-state index is 0.333. The van der Waals surface area contributed by atoms with Gasteiger partial charge in [-0.3, -0.25) is 4.90 Å². The van der Waals surface area contributed by atoms with Crippen LogP contribution in [0.3, 0.4) is 0 Å². The van der Waals surface area contributed by atoms with Crippen LogP contribution in [0.4, 0.5) is 5.82 Å². The van der Waals surface area contributed by atoms with Crippen LogP contribution in [0.15, 0.2) is 30.3 Å². The van der Waals surface area contributed by atoms with Gasteiger partial charge in [0.15, 0.2) is 0 Å². The Morgan fingerprint density at radius 1 is 1.19 bits per heavy atom. The number of fused-ring (bicyclic) bond motifs is 1. The molecule has 2 saturated heterocycles. The fourth-order valence-electron chi connectivity index (χ4n) is 4.39. The van der Waals surface area contributed by atoms with E-state index in [9.17, 15) is 9.90 Å². The zero-order valence-corrected chi connectivity index (χ0v) is 15.8. The molecule has 2 aromatic rings. The van der Waals surface area contributed by atoms with Gasteiger partial charge in [-0.1, -0.05) is 18.2 Å². The third kappa shape index (κ3) is 3.77. The summed E-state index contributed by atoms with van der Waals surface area (Å²) in [6.45, 7) is 7.89. The molecule has 0 amide bonds. The van der Waals surface area contributed by atoms with Gasteiger partial charge in [-0.2, -0.15) is 0 Å². The topological polar surface area (TPSA) is 65.9 Å². The quantitative estimate of drug-likeness (QED) is 0.894. The number of pyridine rings is 1. The second-order valence-electron chi connectivity index (χ2n) is 7.56. The van der Waals surface area contributed by atoms with E-state index in [1.165, 1.54) is 0 Å². The number of anilines is 1. The molecule has 0 spiro atoms. The van der Waals surface area contributed by atoms with Crippen LogP contribution < -0.4 is 4.90 Å². The molecular formula is C21H27N3O3. The molecule has 1 atom stereocenters. The first kappa shape index (κ1) is 18.2. The number of ether oxygens (including phenoxy) is 1. The van der Waals surface area contributed by atoms with Crippen molar-refractivity contribution in [2.45, 2.75) is 25.8 Å². The molecule has 27 heavy (non-hydrogen) atoms. The van der Waals surface area contributed by atoms with Gasteiger partial charge >= 0.3 is 5.97 Å². The number of carbonyl (C=O) groups is 1. The van der Waals surface area contributed by atoms with E-state index in [4.69, 9.17) is 9.72 Å². The number of para-hydroxylation sites is 1. The number of rotatable bonds is 4. The molecule has 1 N–H and O–H groups in total. The van der Waals surface area contributed by atoms with Crippen molar-refractivity contribution in [2.24, 2.45) is 5.92 Å². The molecule has 6 heteroatoms. The highest BCUT2D eigenvalue weighted by atomic mass is 16.5. The summed E-state index contributed by atoms with van der Waals surface area (Å²) in [6, 6.07) is 9.77. The van der Waals surface area contributed by atoms with E-state index in [-0.39, 0.29) is 0 Å². The van der Waals surface area contributed by atoms with E-state index >= 15 is 0 Å². The number of piperidine rings is 1. The van der Waals surface area contributed by atoms with Crippen molar-refractivity contribution in [3.63, 3.8) is 0 Å². The Balaban J connectivity index is 1.48. The molecule has 0 radical (unpaired) electrons. The fourth-order valence-corrected chi connectivity index (χ4v) is 4.39. The summed E-state index contributed by atoms with van der Waals surface area (Å²) in [5, 5.41) is 10.3. The molecule has 144 valence electrons. The van der Waals surface area contributed by atoms with Gasteiger partial charge < -0.3 is 14.7 Å². The number of benzene rings is 1. The number of carboxylic acids is 1. The summed E-state index contributed by atoms with van der Waals surface area (Å²) in [6.07, 6.45) is 2.21. The van der Waals surface area contributed by atoms with Crippen molar-refractivity contribution in [2.75, 3.05) is 44.3 Å². The molecule has 0 bridgehead atoms. The zero-order valence-electron chi connectivity index (χ0n) is 15.8. The number of aromatic carboxylic acids is 1. The van der Waals surface area contributed by atoms with Crippen molar-refractivity contribution < 1.29 is 14.6 Å². The van der Waals surface area contributed by atoms with Crippen LogP contribution >= 0.6 is 0 Å². The highest BCUT2D eigenvalue weighted by molar-refractivity contribution is 6.03. The number of hydrogen-bond acceptors (Lipinski definition) is 5. The number of aromatic nitrogens is 1. The Kier molecular flexibility index (Phi) is 5.27. The lowest BCUT2D eigenvalue weighted by Gasteiger charge is -2.41. The van der Waals surface area contributed by atoms with Gasteiger partial charge in [0.05, 0.1) is 24.3 Å². The minimum atomic E-state index is -0.898. The SMILES string of the molecule is C[C@@H](C1CCN(c2cc(C(=O)O)c3ccccc3n2)CC1)N1CCOCC1. The van der Waals surface area contributed by atoms with Crippen LogP contribution in [0.2, 0.25) is 0 Å². The molecule has 3 heterocycles. The number of morpholine rings is 1. The molecule has 2 aliphatic heterocycles. The summed E-state index contributed by atoms with van der Waals surface area (Å²) < 4.78 is 5.47. The molecule has 4 rings (SSSR count). The van der Waals surface area contributed by atoms with E-state index in [0.717, 1.165) is 63.6 Å². The van der Waals surface area contributed by atoms with Gasteiger partial charge in [0, 0.05) is 37.6 Å². The smallest absolute Gasteiger partial charge is 0.336 e. The highest BCUT2D eigenvalue weighted by Gasteiger charge is 2.29. The van der Waals surface area contributed by atoms with Crippen molar-refractivity contribution in [3.8, 4) is 0 Å². The molecule has 6 nitrogen and oxygen atoms in total. The Morgan fingerprint density at radius 2 is 1.89 bits per heavy atom. The molecule has 1 aromatic heterocycles. The first-order valence-electron chi connectivity index (χ1n) is 9.83. The summed E-state index contributed by atoms with van der Waals surface area (Å²) in [7, 11) is 0. The first-order chi connectivity index (χ1) is 13.1. The molecule has 1 aromatic carbocycles. The average Bonchev–Trinajstić information content (AvgIpc) is 2.73. The van der Waals surface area contributed by atoms with Crippen LogP contribution in [0, 0.1) is 5.92 Å². The van der Waals surface area contributed by atoms with E-state index in [1.807, 2.05) is 24.3 Å². The van der Waals surface area contributed by atoms with Crippen LogP contribution in [0.1, 0.15) is 30.1 Å². The summed E-state index contributed by atoms with van der Waals surface area (Å²) in [5.74, 6) is 0.549. The molecule has 0 saturated carbocycles. The Hall–Kier alpha value is -2.18. The third-order valence-corrected chi connectivity index (χ3v) is 6.10. The highest BCUT2D eigenvalue weighted by Crippen LogP contribution is 2.29. The second kappa shape index (κ2) is 7.82. The lowest BCUT2D eigenvalue weighted by molar-refractivity contribution is 0.00448. The van der Waals surface area contributed by atoms with Crippen LogP contribution in [0.25, 0.3) is 10.9 Å². The van der Waals surface area contributed by atoms with Crippen LogP contribution in [-0.4, -0.2) is 66.4 Å². The maximum atomic E-state index is 11.7. The van der Waals surface area contributed by atoms with Crippen LogP contribution in [-0.2, 0) is 4.74 Å². The summed E-state index contributed by atoms with van der Waals surface area (Å²) in [4.78, 5) is 21.2. The van der Waals surface area contributed by atoms with Crippen molar-refractivity contribution in [1.82, 2.24) is 9.88 Å². The molecule has 0 aliphatic carbocycles. The van der Waals surface area contributed by atoms with Crippen molar-refractivity contribution >= 4 is 22.7 Å². The van der Waals surface area contributed by atoms with Gasteiger partial charge in [-0.05, 0) is 37.8 Å². The molecule has 2 aliphatic rings. The average molecular weight is 369 g/mol. The zero-order chi connectivity index (χ0) is 18.8. The van der Waals surface area contributed by atoms with Gasteiger partial charge in [0.25, 0.3) is 0 Å². The van der Waals surface area contributed by atoms with Gasteiger partial charge in [0.1, 0.15) is 5.82 Å². The monoisotopic (exact) mass is 369 g/mol. The predicted octanol–water partition coefficient (Wildman–Crippen LogP) is 2.87. The third-order valence-electron chi connectivity index (χ3n) is 6.10. The van der Waals surface area contributed by atoms with Gasteiger partial charge in [0.2, 0.25) is 0 Å². The lowest BCUT2D eigenvalue weighted by Crippen LogP contribution is -2.48. The fraction of sp³-hybridized carbons (Fsp3) is 0.524. The first-order valence-corrected chi connectivity index (χ1v) is 9.83. The predicted molar refractivity (Wildman–Crippen MR) is 105 cm³/mol. The minimum Gasteiger partial charge on any atom is -0.478 e. The maximum absolute atomic E-state index is 11.7. The Labute approximate surface area is 159 Å². The maximum Gasteiger partial charge on any atom is 0.336 e. The van der Waals surface area contributed by atoms with Crippen LogP contribution in [0.5, 0.6) is 0 Å². The van der Waals surface area contributed by atoms with Gasteiger partial charge in [-0.15, -0.1) is 0 Å². The lowest BCUT2D eigenvalue weighted by atomic mass is 9.89. The van der Waals surface area contributed by atoms with Crippen molar-refractivity contribution in [1.29, 1.82) is 0 Å². The standard InChI is InChI=1S/C21H27N3O3/c1-15(23-10-12-27-13-11-23)16-6-8-24(9-7-16)20-14-18(21(25)26)17-4-2-3-5-19(17)22-20/h2-5,14-16H,6-13H2,1H3,(H,25,26)/t15-/m0/s1.